The van der Waals surface area contributed by atoms with Gasteiger partial charge in [0.1, 0.15) is 11.5 Å². The summed E-state index contributed by atoms with van der Waals surface area (Å²) in [7, 11) is 0. The van der Waals surface area contributed by atoms with Gasteiger partial charge in [0, 0.05) is 44.0 Å². The summed E-state index contributed by atoms with van der Waals surface area (Å²) in [5.41, 5.74) is 9.39. The first-order valence-corrected chi connectivity index (χ1v) is 13.6. The van der Waals surface area contributed by atoms with Crippen LogP contribution in [0.25, 0.3) is 22.5 Å². The van der Waals surface area contributed by atoms with Gasteiger partial charge in [0.25, 0.3) is 0 Å². The second-order valence-corrected chi connectivity index (χ2v) is 10.2. The first-order chi connectivity index (χ1) is 20.2. The van der Waals surface area contributed by atoms with Crippen molar-refractivity contribution in [1.82, 2.24) is 9.97 Å². The quantitative estimate of drug-likeness (QED) is 0.153. The van der Waals surface area contributed by atoms with E-state index in [0.29, 0.717) is 0 Å². The van der Waals surface area contributed by atoms with Crippen molar-refractivity contribution in [1.29, 1.82) is 0 Å². The minimum atomic E-state index is 0. The molecule has 4 aromatic carbocycles. The topological polar surface area (TPSA) is 44.2 Å². The summed E-state index contributed by atoms with van der Waals surface area (Å²) in [6, 6.07) is 40.9. The van der Waals surface area contributed by atoms with Gasteiger partial charge in [-0.1, -0.05) is 71.7 Å². The number of hydrogen-bond acceptors (Lipinski definition) is 4. The molecule has 0 spiro atoms. The van der Waals surface area contributed by atoms with Crippen molar-refractivity contribution in [2.75, 3.05) is 0 Å². The summed E-state index contributed by atoms with van der Waals surface area (Å²) in [6.07, 6.45) is 3.74. The fraction of sp³-hybridized carbons (Fsp3) is 0.0556. The van der Waals surface area contributed by atoms with Crippen molar-refractivity contribution in [3.05, 3.63) is 139 Å². The molecule has 0 saturated carbocycles. The number of fused-ring (bicyclic) bond motifs is 4. The molecule has 0 unspecified atom stereocenters. The van der Waals surface area contributed by atoms with Crippen molar-refractivity contribution in [2.45, 2.75) is 13.8 Å². The van der Waals surface area contributed by atoms with E-state index < -0.39 is 0 Å². The van der Waals surface area contributed by atoms with E-state index in [9.17, 15) is 0 Å². The predicted octanol–water partition coefficient (Wildman–Crippen LogP) is 6.44. The Morgan fingerprint density at radius 3 is 1.86 bits per heavy atom. The first kappa shape index (κ1) is 27.7. The van der Waals surface area contributed by atoms with Gasteiger partial charge in [-0.3, -0.25) is 0 Å². The van der Waals surface area contributed by atoms with Crippen LogP contribution in [-0.2, 0) is 20.1 Å². The summed E-state index contributed by atoms with van der Waals surface area (Å²) in [5.74, 6) is 3.34. The molecular weight excluding hydrogens is 695 g/mol. The molecule has 0 N–H and O–H groups in total. The number of aryl methyl sites for hydroxylation is 2. The Morgan fingerprint density at radius 2 is 1.24 bits per heavy atom. The summed E-state index contributed by atoms with van der Waals surface area (Å²) in [5, 5.41) is 0. The van der Waals surface area contributed by atoms with Gasteiger partial charge in [-0.25, -0.2) is 0 Å². The molecule has 0 saturated heterocycles. The Hall–Kier alpha value is -4.51. The van der Waals surface area contributed by atoms with E-state index in [1.165, 1.54) is 5.56 Å². The minimum absolute atomic E-state index is 0. The fourth-order valence-corrected chi connectivity index (χ4v) is 5.31. The predicted molar refractivity (Wildman–Crippen MR) is 164 cm³/mol. The average Bonchev–Trinajstić information content (AvgIpc) is 3.03. The molecular formula is C36H25BIrN2O2-2. The Kier molecular flexibility index (Phi) is 7.75. The molecule has 0 fully saturated rings. The largest absolute Gasteiger partial charge is 0.503 e. The van der Waals surface area contributed by atoms with Gasteiger partial charge in [-0.2, -0.15) is 0 Å². The Morgan fingerprint density at radius 1 is 0.619 bits per heavy atom. The third kappa shape index (κ3) is 5.16. The number of pyridine rings is 2. The summed E-state index contributed by atoms with van der Waals surface area (Å²) in [4.78, 5) is 8.92. The molecule has 42 heavy (non-hydrogen) atoms. The molecule has 4 heterocycles. The van der Waals surface area contributed by atoms with Crippen LogP contribution >= 0.6 is 0 Å². The third-order valence-corrected chi connectivity index (χ3v) is 7.33. The zero-order valence-corrected chi connectivity index (χ0v) is 25.5. The van der Waals surface area contributed by atoms with Crippen molar-refractivity contribution in [3.8, 4) is 45.5 Å². The standard InChI is InChI=1S/C24H15BNO2.C12H10N.Ir/c1-15-10-12-19(26-14-15)16-11-13-22-23-24(16)28-21-9-5-3-7-18(21)25(23)17-6-2-4-8-20(17)27-22;1-10-7-8-12(13-9-10)11-5-3-2-4-6-11;/h2-10,12-14H,1H3;2-5,7-9H,1H3;/q2*-1;. The second-order valence-electron chi connectivity index (χ2n) is 10.2. The van der Waals surface area contributed by atoms with E-state index in [-0.39, 0.29) is 26.8 Å². The molecule has 205 valence electrons. The number of nitrogens with zero attached hydrogens (tertiary/aromatic N) is 2. The van der Waals surface area contributed by atoms with Crippen LogP contribution in [-0.4, -0.2) is 16.7 Å². The molecule has 8 rings (SSSR count). The van der Waals surface area contributed by atoms with E-state index in [2.05, 4.69) is 58.5 Å². The molecule has 0 atom stereocenters. The van der Waals surface area contributed by atoms with Gasteiger partial charge in [-0.15, -0.1) is 48.0 Å². The molecule has 2 aromatic heterocycles. The summed E-state index contributed by atoms with van der Waals surface area (Å²) in [6.45, 7) is 4.13. The van der Waals surface area contributed by atoms with Crippen molar-refractivity contribution in [2.24, 2.45) is 0 Å². The normalized spacial score (nSPS) is 11.7. The maximum atomic E-state index is 6.40. The van der Waals surface area contributed by atoms with Gasteiger partial charge in [0.15, 0.2) is 0 Å². The van der Waals surface area contributed by atoms with Crippen LogP contribution in [0.1, 0.15) is 11.1 Å². The average molecular weight is 721 g/mol. The molecule has 2 aliphatic rings. The molecule has 2 aliphatic heterocycles. The zero-order chi connectivity index (χ0) is 27.8. The van der Waals surface area contributed by atoms with Crippen LogP contribution in [0.2, 0.25) is 0 Å². The van der Waals surface area contributed by atoms with Gasteiger partial charge >= 0.3 is 0 Å². The van der Waals surface area contributed by atoms with E-state index >= 15 is 0 Å². The molecule has 4 nitrogen and oxygen atoms in total. The van der Waals surface area contributed by atoms with Crippen LogP contribution in [0.3, 0.4) is 0 Å². The Bertz CT molecular complexity index is 1850. The second kappa shape index (κ2) is 11.8. The number of rotatable bonds is 2. The van der Waals surface area contributed by atoms with Crippen molar-refractivity contribution in [3.63, 3.8) is 0 Å². The van der Waals surface area contributed by atoms with Crippen LogP contribution in [0.4, 0.5) is 0 Å². The van der Waals surface area contributed by atoms with Gasteiger partial charge in [0.05, 0.1) is 0 Å². The molecule has 6 aromatic rings. The number of ether oxygens (including phenoxy) is 2. The number of para-hydroxylation sites is 2. The fourth-order valence-electron chi connectivity index (χ4n) is 5.31. The maximum absolute atomic E-state index is 6.40. The van der Waals surface area contributed by atoms with E-state index in [4.69, 9.17) is 9.47 Å². The number of aromatic nitrogens is 2. The van der Waals surface area contributed by atoms with Crippen molar-refractivity contribution >= 4 is 23.1 Å². The minimum Gasteiger partial charge on any atom is -0.503 e. The zero-order valence-electron chi connectivity index (χ0n) is 23.1. The summed E-state index contributed by atoms with van der Waals surface area (Å²) < 4.78 is 12.6. The molecule has 0 aliphatic carbocycles. The van der Waals surface area contributed by atoms with Gasteiger partial charge < -0.3 is 19.4 Å². The molecule has 0 amide bonds. The van der Waals surface area contributed by atoms with Crippen molar-refractivity contribution < 1.29 is 29.6 Å². The third-order valence-electron chi connectivity index (χ3n) is 7.33. The molecule has 6 heteroatoms. The number of benzene rings is 4. The van der Waals surface area contributed by atoms with E-state index in [1.54, 1.807) is 0 Å². The SMILES string of the molecule is Cc1ccc(-c2[c-]cc3c4c2Oc2ccccc2B4c2ccccc2O3)nc1.Cc1ccc(-c2[c-]cccc2)nc1.[Ir]. The van der Waals surface area contributed by atoms with Crippen LogP contribution in [0, 0.1) is 26.0 Å². The van der Waals surface area contributed by atoms with Gasteiger partial charge in [-0.05, 0) is 59.4 Å². The smallest absolute Gasteiger partial charge is 0.239 e. The van der Waals surface area contributed by atoms with E-state index in [0.717, 1.165) is 67.5 Å². The van der Waals surface area contributed by atoms with E-state index in [1.807, 2.05) is 93.0 Å². The monoisotopic (exact) mass is 721 g/mol. The summed E-state index contributed by atoms with van der Waals surface area (Å²) >= 11 is 0. The van der Waals surface area contributed by atoms with Crippen LogP contribution in [0.15, 0.2) is 116 Å². The van der Waals surface area contributed by atoms with Crippen LogP contribution in [0.5, 0.6) is 23.0 Å². The Balaban J connectivity index is 0.000000191. The molecule has 0 bridgehead atoms. The number of hydrogen-bond donors (Lipinski definition) is 0. The first-order valence-electron chi connectivity index (χ1n) is 13.6. The maximum Gasteiger partial charge on any atom is 0.239 e. The Labute approximate surface area is 259 Å². The van der Waals surface area contributed by atoms with Crippen LogP contribution < -0.4 is 25.9 Å². The van der Waals surface area contributed by atoms with Gasteiger partial charge in [0.2, 0.25) is 6.71 Å². The molecule has 1 radical (unpaired) electrons.